The number of aliphatic imine (C=N–C) groups is 1. The van der Waals surface area contributed by atoms with Gasteiger partial charge >= 0.3 is 6.09 Å². The van der Waals surface area contributed by atoms with Crippen LogP contribution in [0.15, 0.2) is 53.8 Å². The number of pyridine rings is 1. The summed E-state index contributed by atoms with van der Waals surface area (Å²) in [5.74, 6) is -0.536. The van der Waals surface area contributed by atoms with E-state index in [0.29, 0.717) is 21.2 Å². The predicted molar refractivity (Wildman–Crippen MR) is 113 cm³/mol. The Morgan fingerprint density at radius 2 is 1.80 bits per heavy atom. The van der Waals surface area contributed by atoms with Gasteiger partial charge in [-0.25, -0.2) is 9.79 Å². The monoisotopic (exact) mass is 443 g/mol. The molecule has 0 saturated carbocycles. The quantitative estimate of drug-likeness (QED) is 0.561. The van der Waals surface area contributed by atoms with E-state index in [4.69, 9.17) is 27.9 Å². The molecule has 3 aromatic rings. The van der Waals surface area contributed by atoms with Crippen LogP contribution in [0.4, 0.5) is 4.79 Å². The molecule has 0 aliphatic carbocycles. The summed E-state index contributed by atoms with van der Waals surface area (Å²) in [6, 6.07) is 9.71. The summed E-state index contributed by atoms with van der Waals surface area (Å²) >= 11 is 12.5. The summed E-state index contributed by atoms with van der Waals surface area (Å²) in [7, 11) is 3.09. The van der Waals surface area contributed by atoms with Crippen LogP contribution < -0.4 is 4.74 Å². The number of hydrogen-bond acceptors (Lipinski definition) is 6. The highest BCUT2D eigenvalue weighted by molar-refractivity contribution is 6.39. The van der Waals surface area contributed by atoms with Gasteiger partial charge in [-0.15, -0.1) is 5.10 Å². The number of benzene rings is 1. The van der Waals surface area contributed by atoms with Crippen molar-refractivity contribution in [3.8, 4) is 16.9 Å². The van der Waals surface area contributed by atoms with Crippen molar-refractivity contribution in [1.82, 2.24) is 20.1 Å². The molecule has 0 fully saturated rings. The van der Waals surface area contributed by atoms with Crippen LogP contribution in [-0.2, 0) is 0 Å². The van der Waals surface area contributed by atoms with E-state index in [2.05, 4.69) is 20.2 Å². The van der Waals surface area contributed by atoms with Crippen molar-refractivity contribution in [3.63, 3.8) is 0 Å². The van der Waals surface area contributed by atoms with Gasteiger partial charge < -0.3 is 9.64 Å². The molecular weight excluding hydrogens is 429 g/mol. The molecule has 0 unspecified atom stereocenters. The second-order valence-corrected chi connectivity index (χ2v) is 6.92. The van der Waals surface area contributed by atoms with E-state index >= 15 is 0 Å². The number of amides is 2. The number of aromatic nitrogens is 3. The number of carbonyl (C=O) groups excluding carboxylic acids is 2. The summed E-state index contributed by atoms with van der Waals surface area (Å²) in [6.07, 6.45) is 3.50. The molecule has 10 heteroatoms. The number of ether oxygens (including phenoxy) is 1. The molecule has 2 amide bonds. The van der Waals surface area contributed by atoms with E-state index in [-0.39, 0.29) is 17.1 Å². The van der Waals surface area contributed by atoms with Gasteiger partial charge in [0.05, 0.1) is 12.4 Å². The first-order chi connectivity index (χ1) is 14.4. The van der Waals surface area contributed by atoms with Crippen LogP contribution in [0.1, 0.15) is 16.2 Å². The van der Waals surface area contributed by atoms with Crippen LogP contribution in [0, 0.1) is 0 Å². The van der Waals surface area contributed by atoms with Gasteiger partial charge in [-0.2, -0.15) is 5.10 Å². The summed E-state index contributed by atoms with van der Waals surface area (Å²) in [6.45, 7) is 0. The molecule has 0 N–H and O–H groups in total. The molecule has 0 bridgehead atoms. The molecule has 2 heterocycles. The van der Waals surface area contributed by atoms with E-state index < -0.39 is 12.0 Å². The normalized spacial score (nSPS) is 10.8. The van der Waals surface area contributed by atoms with Crippen LogP contribution in [0.5, 0.6) is 5.75 Å². The number of rotatable bonds is 4. The maximum atomic E-state index is 12.7. The summed E-state index contributed by atoms with van der Waals surface area (Å²) in [5, 5.41) is 8.38. The topological polar surface area (TPSA) is 97.6 Å². The van der Waals surface area contributed by atoms with Crippen molar-refractivity contribution in [1.29, 1.82) is 0 Å². The standard InChI is InChI=1S/C20H15Cl2N5O3/c1-27(2)20(29)30-16-7-4-9-23-15(16)11-24-19(28)18-12(8-10-25-26-18)17-13(21)5-3-6-14(17)22/h3-11H,1-2H3/b24-11-. The van der Waals surface area contributed by atoms with E-state index in [1.165, 1.54) is 29.6 Å². The smallest absolute Gasteiger partial charge is 0.408 e. The predicted octanol–water partition coefficient (Wildman–Crippen LogP) is 4.17. The molecule has 3 rings (SSSR count). The van der Waals surface area contributed by atoms with Gasteiger partial charge in [-0.3, -0.25) is 9.78 Å². The number of halogens is 2. The van der Waals surface area contributed by atoms with Gasteiger partial charge in [0.1, 0.15) is 5.69 Å². The lowest BCUT2D eigenvalue weighted by Gasteiger charge is -2.11. The van der Waals surface area contributed by atoms with Gasteiger partial charge in [0.25, 0.3) is 5.91 Å². The minimum Gasteiger partial charge on any atom is -0.408 e. The molecule has 8 nitrogen and oxygen atoms in total. The Labute approximate surface area is 182 Å². The molecular formula is C20H15Cl2N5O3. The highest BCUT2D eigenvalue weighted by Gasteiger charge is 2.19. The van der Waals surface area contributed by atoms with Crippen LogP contribution >= 0.6 is 23.2 Å². The molecule has 0 radical (unpaired) electrons. The van der Waals surface area contributed by atoms with Crippen molar-refractivity contribution in [2.75, 3.05) is 14.1 Å². The SMILES string of the molecule is CN(C)C(=O)Oc1cccnc1/C=N\C(=O)c1nnccc1-c1c(Cl)cccc1Cl. The Morgan fingerprint density at radius 1 is 1.07 bits per heavy atom. The third-order valence-corrected chi connectivity index (χ3v) is 4.45. The maximum absolute atomic E-state index is 12.7. The van der Waals surface area contributed by atoms with Gasteiger partial charge in [0, 0.05) is 41.5 Å². The zero-order valence-electron chi connectivity index (χ0n) is 15.9. The summed E-state index contributed by atoms with van der Waals surface area (Å²) < 4.78 is 5.23. The fourth-order valence-electron chi connectivity index (χ4n) is 2.40. The highest BCUT2D eigenvalue weighted by atomic mass is 35.5. The Bertz CT molecular complexity index is 1110. The number of carbonyl (C=O) groups is 2. The Balaban J connectivity index is 1.94. The third kappa shape index (κ3) is 4.79. The Morgan fingerprint density at radius 3 is 2.50 bits per heavy atom. The summed E-state index contributed by atoms with van der Waals surface area (Å²) in [4.78, 5) is 33.8. The molecule has 0 atom stereocenters. The largest absolute Gasteiger partial charge is 0.414 e. The van der Waals surface area contributed by atoms with Crippen LogP contribution in [0.25, 0.3) is 11.1 Å². The minimum absolute atomic E-state index is 0.0356. The van der Waals surface area contributed by atoms with Crippen molar-refractivity contribution >= 4 is 41.4 Å². The zero-order valence-corrected chi connectivity index (χ0v) is 17.4. The van der Waals surface area contributed by atoms with Crippen LogP contribution in [-0.4, -0.2) is 52.4 Å². The number of nitrogens with zero attached hydrogens (tertiary/aromatic N) is 5. The van der Waals surface area contributed by atoms with Crippen LogP contribution in [0.3, 0.4) is 0 Å². The van der Waals surface area contributed by atoms with Gasteiger partial charge in [0.15, 0.2) is 11.4 Å². The number of hydrogen-bond donors (Lipinski definition) is 0. The van der Waals surface area contributed by atoms with Gasteiger partial charge in [-0.1, -0.05) is 29.3 Å². The average Bonchev–Trinajstić information content (AvgIpc) is 2.73. The van der Waals surface area contributed by atoms with E-state index in [0.717, 1.165) is 0 Å². The molecule has 30 heavy (non-hydrogen) atoms. The second-order valence-electron chi connectivity index (χ2n) is 6.10. The van der Waals surface area contributed by atoms with Gasteiger partial charge in [-0.05, 0) is 30.3 Å². The van der Waals surface area contributed by atoms with Crippen molar-refractivity contribution in [3.05, 3.63) is 70.2 Å². The lowest BCUT2D eigenvalue weighted by atomic mass is 10.0. The lowest BCUT2D eigenvalue weighted by molar-refractivity contribution is 0.0998. The Kier molecular flexibility index (Phi) is 6.71. The van der Waals surface area contributed by atoms with Gasteiger partial charge in [0.2, 0.25) is 0 Å². The zero-order chi connectivity index (χ0) is 21.7. The van der Waals surface area contributed by atoms with E-state index in [1.807, 2.05) is 0 Å². The first-order valence-electron chi connectivity index (χ1n) is 8.57. The molecule has 0 aliphatic rings. The first kappa shape index (κ1) is 21.4. The van der Waals surface area contributed by atoms with E-state index in [1.54, 1.807) is 44.4 Å². The molecule has 0 saturated heterocycles. The third-order valence-electron chi connectivity index (χ3n) is 3.82. The second kappa shape index (κ2) is 9.43. The summed E-state index contributed by atoms with van der Waals surface area (Å²) in [5.41, 5.74) is 1.00. The van der Waals surface area contributed by atoms with Crippen LogP contribution in [0.2, 0.25) is 10.0 Å². The van der Waals surface area contributed by atoms with E-state index in [9.17, 15) is 9.59 Å². The maximum Gasteiger partial charge on any atom is 0.414 e. The fourth-order valence-corrected chi connectivity index (χ4v) is 3.00. The molecule has 1 aromatic carbocycles. The highest BCUT2D eigenvalue weighted by Crippen LogP contribution is 2.35. The average molecular weight is 444 g/mol. The van der Waals surface area contributed by atoms with Crippen molar-refractivity contribution in [2.24, 2.45) is 4.99 Å². The minimum atomic E-state index is -0.690. The molecule has 152 valence electrons. The lowest BCUT2D eigenvalue weighted by Crippen LogP contribution is -2.25. The fraction of sp³-hybridized carbons (Fsp3) is 0.100. The Hall–Kier alpha value is -3.36. The van der Waals surface area contributed by atoms with Crippen molar-refractivity contribution < 1.29 is 14.3 Å². The molecule has 0 spiro atoms. The molecule has 2 aromatic heterocycles. The first-order valence-corrected chi connectivity index (χ1v) is 9.32. The molecule has 0 aliphatic heterocycles. The van der Waals surface area contributed by atoms with Crippen molar-refractivity contribution in [2.45, 2.75) is 0 Å².